The molecule has 21 heavy (non-hydrogen) atoms. The predicted octanol–water partition coefficient (Wildman–Crippen LogP) is 4.99. The van der Waals surface area contributed by atoms with E-state index in [2.05, 4.69) is 15.9 Å². The van der Waals surface area contributed by atoms with Gasteiger partial charge in [-0.3, -0.25) is 0 Å². The Kier molecular flexibility index (Phi) is 3.90. The molecule has 4 heteroatoms. The number of rotatable bonds is 3. The number of ether oxygens (including phenoxy) is 1. The maximum atomic E-state index is 13.4. The van der Waals surface area contributed by atoms with Crippen LogP contribution in [-0.2, 0) is 6.54 Å². The van der Waals surface area contributed by atoms with E-state index in [-0.39, 0.29) is 5.82 Å². The first kappa shape index (κ1) is 14.0. The minimum absolute atomic E-state index is 0.337. The van der Waals surface area contributed by atoms with Crippen LogP contribution in [0.1, 0.15) is 5.56 Å². The molecule has 0 radical (unpaired) electrons. The molecule has 0 bridgehead atoms. The van der Waals surface area contributed by atoms with Gasteiger partial charge in [0.25, 0.3) is 0 Å². The molecule has 0 heterocycles. The maximum absolute atomic E-state index is 13.4. The largest absolute Gasteiger partial charge is 0.455 e. The fourth-order valence-corrected chi connectivity index (χ4v) is 2.60. The fourth-order valence-electron chi connectivity index (χ4n) is 2.27. The second-order valence-electron chi connectivity index (χ2n) is 4.65. The lowest BCUT2D eigenvalue weighted by Gasteiger charge is -2.12. The Balaban J connectivity index is 2.11. The van der Waals surface area contributed by atoms with E-state index in [0.717, 1.165) is 16.3 Å². The Morgan fingerprint density at radius 3 is 2.48 bits per heavy atom. The number of hydrogen-bond acceptors (Lipinski definition) is 2. The van der Waals surface area contributed by atoms with Gasteiger partial charge in [-0.25, -0.2) is 4.39 Å². The van der Waals surface area contributed by atoms with E-state index < -0.39 is 0 Å². The van der Waals surface area contributed by atoms with Gasteiger partial charge in [0.1, 0.15) is 17.3 Å². The zero-order valence-electron chi connectivity index (χ0n) is 11.1. The van der Waals surface area contributed by atoms with Crippen LogP contribution in [0.4, 0.5) is 4.39 Å². The predicted molar refractivity (Wildman–Crippen MR) is 86.0 cm³/mol. The summed E-state index contributed by atoms with van der Waals surface area (Å²) in [4.78, 5) is 0. The summed E-state index contributed by atoms with van der Waals surface area (Å²) in [6.45, 7) is 0.463. The van der Waals surface area contributed by atoms with Gasteiger partial charge in [0.05, 0.1) is 4.47 Å². The van der Waals surface area contributed by atoms with Crippen LogP contribution in [0.25, 0.3) is 10.8 Å². The highest BCUT2D eigenvalue weighted by Gasteiger charge is 2.09. The fraction of sp³-hybridized carbons (Fsp3) is 0.0588. The van der Waals surface area contributed by atoms with Gasteiger partial charge in [-0.1, -0.05) is 30.3 Å². The molecule has 3 aromatic carbocycles. The Labute approximate surface area is 130 Å². The highest BCUT2D eigenvalue weighted by Crippen LogP contribution is 2.35. The topological polar surface area (TPSA) is 35.2 Å². The van der Waals surface area contributed by atoms with Crippen molar-refractivity contribution < 1.29 is 9.13 Å². The SMILES string of the molecule is NCc1ccc(Oc2cc(F)ccc2Br)c2ccccc12. The summed E-state index contributed by atoms with van der Waals surface area (Å²) >= 11 is 3.37. The number of benzene rings is 3. The van der Waals surface area contributed by atoms with E-state index in [1.165, 1.54) is 12.1 Å². The van der Waals surface area contributed by atoms with Crippen molar-refractivity contribution in [2.24, 2.45) is 5.73 Å². The monoisotopic (exact) mass is 345 g/mol. The van der Waals surface area contributed by atoms with E-state index in [0.29, 0.717) is 22.5 Å². The molecular weight excluding hydrogens is 333 g/mol. The highest BCUT2D eigenvalue weighted by atomic mass is 79.9. The third-order valence-corrected chi connectivity index (χ3v) is 3.96. The van der Waals surface area contributed by atoms with E-state index in [1.807, 2.05) is 36.4 Å². The van der Waals surface area contributed by atoms with Crippen LogP contribution in [-0.4, -0.2) is 0 Å². The van der Waals surface area contributed by atoms with Crippen molar-refractivity contribution in [3.05, 3.63) is 70.5 Å². The smallest absolute Gasteiger partial charge is 0.144 e. The van der Waals surface area contributed by atoms with Crippen LogP contribution in [0.2, 0.25) is 0 Å². The lowest BCUT2D eigenvalue weighted by atomic mass is 10.0. The first-order chi connectivity index (χ1) is 10.2. The highest BCUT2D eigenvalue weighted by molar-refractivity contribution is 9.10. The van der Waals surface area contributed by atoms with Crippen molar-refractivity contribution in [3.8, 4) is 11.5 Å². The second-order valence-corrected chi connectivity index (χ2v) is 5.50. The molecule has 0 fully saturated rings. The Hall–Kier alpha value is -1.91. The normalized spacial score (nSPS) is 10.8. The number of fused-ring (bicyclic) bond motifs is 1. The molecule has 0 aromatic heterocycles. The molecule has 106 valence electrons. The van der Waals surface area contributed by atoms with Gasteiger partial charge in [-0.15, -0.1) is 0 Å². The molecule has 3 aromatic rings. The minimum atomic E-state index is -0.337. The molecule has 0 saturated heterocycles. The van der Waals surface area contributed by atoms with Crippen molar-refractivity contribution in [2.45, 2.75) is 6.54 Å². The molecule has 0 spiro atoms. The number of halogens is 2. The van der Waals surface area contributed by atoms with Gasteiger partial charge >= 0.3 is 0 Å². The summed E-state index contributed by atoms with van der Waals surface area (Å²) in [6.07, 6.45) is 0. The van der Waals surface area contributed by atoms with Crippen molar-refractivity contribution in [1.82, 2.24) is 0 Å². The molecule has 0 atom stereocenters. The summed E-state index contributed by atoms with van der Waals surface area (Å²) in [6, 6.07) is 16.0. The zero-order chi connectivity index (χ0) is 14.8. The molecule has 0 amide bonds. The maximum Gasteiger partial charge on any atom is 0.144 e. The first-order valence-electron chi connectivity index (χ1n) is 6.52. The summed E-state index contributed by atoms with van der Waals surface area (Å²) in [5, 5.41) is 2.00. The molecule has 0 aliphatic rings. The summed E-state index contributed by atoms with van der Waals surface area (Å²) in [5.74, 6) is 0.783. The summed E-state index contributed by atoms with van der Waals surface area (Å²) in [7, 11) is 0. The van der Waals surface area contributed by atoms with Crippen molar-refractivity contribution in [2.75, 3.05) is 0 Å². The summed E-state index contributed by atoms with van der Waals surface area (Å²) < 4.78 is 19.9. The van der Waals surface area contributed by atoms with E-state index in [4.69, 9.17) is 10.5 Å². The number of hydrogen-bond donors (Lipinski definition) is 1. The van der Waals surface area contributed by atoms with Crippen LogP contribution < -0.4 is 10.5 Å². The zero-order valence-corrected chi connectivity index (χ0v) is 12.7. The van der Waals surface area contributed by atoms with E-state index in [9.17, 15) is 4.39 Å². The van der Waals surface area contributed by atoms with E-state index in [1.54, 1.807) is 6.07 Å². The molecule has 0 saturated carbocycles. The van der Waals surface area contributed by atoms with Gasteiger partial charge in [0.15, 0.2) is 0 Å². The third-order valence-electron chi connectivity index (χ3n) is 3.31. The van der Waals surface area contributed by atoms with Crippen molar-refractivity contribution in [1.29, 1.82) is 0 Å². The average molecular weight is 346 g/mol. The second kappa shape index (κ2) is 5.84. The first-order valence-corrected chi connectivity index (χ1v) is 7.32. The molecule has 3 rings (SSSR count). The average Bonchev–Trinajstić information content (AvgIpc) is 2.51. The van der Waals surface area contributed by atoms with Crippen LogP contribution in [0.3, 0.4) is 0 Å². The Morgan fingerprint density at radius 2 is 1.71 bits per heavy atom. The van der Waals surface area contributed by atoms with Gasteiger partial charge < -0.3 is 10.5 Å². The minimum Gasteiger partial charge on any atom is -0.455 e. The summed E-state index contributed by atoms with van der Waals surface area (Å²) in [5.41, 5.74) is 6.82. The molecule has 2 N–H and O–H groups in total. The lowest BCUT2D eigenvalue weighted by molar-refractivity contribution is 0.479. The van der Waals surface area contributed by atoms with Crippen LogP contribution in [0.5, 0.6) is 11.5 Å². The van der Waals surface area contributed by atoms with Crippen molar-refractivity contribution in [3.63, 3.8) is 0 Å². The standard InChI is InChI=1S/C17H13BrFNO/c18-15-7-6-12(19)9-17(15)21-16-8-5-11(10-20)13-3-1-2-4-14(13)16/h1-9H,10,20H2. The van der Waals surface area contributed by atoms with Crippen LogP contribution in [0.15, 0.2) is 59.1 Å². The van der Waals surface area contributed by atoms with Gasteiger partial charge in [0, 0.05) is 18.0 Å². The van der Waals surface area contributed by atoms with E-state index >= 15 is 0 Å². The number of nitrogens with two attached hydrogens (primary N) is 1. The van der Waals surface area contributed by atoms with Crippen molar-refractivity contribution >= 4 is 26.7 Å². The van der Waals surface area contributed by atoms with Gasteiger partial charge in [0.2, 0.25) is 0 Å². The molecular formula is C17H13BrFNO. The molecule has 0 unspecified atom stereocenters. The van der Waals surface area contributed by atoms with Crippen LogP contribution >= 0.6 is 15.9 Å². The quantitative estimate of drug-likeness (QED) is 0.725. The van der Waals surface area contributed by atoms with Gasteiger partial charge in [-0.2, -0.15) is 0 Å². The molecule has 0 aliphatic carbocycles. The Bertz CT molecular complexity index is 804. The third kappa shape index (κ3) is 2.77. The Morgan fingerprint density at radius 1 is 0.952 bits per heavy atom. The van der Waals surface area contributed by atoms with Crippen LogP contribution in [0, 0.1) is 5.82 Å². The molecule has 0 aliphatic heterocycles. The van der Waals surface area contributed by atoms with Gasteiger partial charge in [-0.05, 0) is 45.1 Å². The molecule has 2 nitrogen and oxygen atoms in total. The lowest BCUT2D eigenvalue weighted by Crippen LogP contribution is -1.98.